The van der Waals surface area contributed by atoms with Crippen molar-refractivity contribution >= 4 is 38.9 Å². The third kappa shape index (κ3) is 5.64. The predicted molar refractivity (Wildman–Crippen MR) is 122 cm³/mol. The minimum Gasteiger partial charge on any atom is -0.393 e. The first kappa shape index (κ1) is 24.6. The van der Waals surface area contributed by atoms with Crippen LogP contribution in [-0.2, 0) is 14.6 Å². The van der Waals surface area contributed by atoms with Crippen molar-refractivity contribution in [3.63, 3.8) is 0 Å². The van der Waals surface area contributed by atoms with Crippen molar-refractivity contribution in [3.8, 4) is 0 Å². The molecule has 1 aromatic carbocycles. The SMILES string of the molecule is CCS(=O)(=O)c1ccc(N(C(=O)CCC2CCCC2)c2cnc([C@H](O)CO)cn2)cc1Cl. The Bertz CT molecular complexity index is 1040. The summed E-state index contributed by atoms with van der Waals surface area (Å²) in [6, 6.07) is 4.36. The fourth-order valence-electron chi connectivity index (χ4n) is 3.89. The van der Waals surface area contributed by atoms with Crippen LogP contribution in [0.5, 0.6) is 0 Å². The van der Waals surface area contributed by atoms with Crippen LogP contribution in [0.1, 0.15) is 57.2 Å². The van der Waals surface area contributed by atoms with Crippen LogP contribution in [-0.4, -0.2) is 46.9 Å². The average Bonchev–Trinajstić information content (AvgIpc) is 3.31. The molecule has 0 unspecified atom stereocenters. The van der Waals surface area contributed by atoms with Gasteiger partial charge in [-0.1, -0.05) is 44.2 Å². The molecule has 1 aromatic heterocycles. The van der Waals surface area contributed by atoms with Crippen molar-refractivity contribution in [2.45, 2.75) is 56.4 Å². The van der Waals surface area contributed by atoms with Crippen LogP contribution in [0.3, 0.4) is 0 Å². The van der Waals surface area contributed by atoms with E-state index in [9.17, 15) is 18.3 Å². The Morgan fingerprint density at radius 3 is 2.53 bits per heavy atom. The van der Waals surface area contributed by atoms with Crippen molar-refractivity contribution in [1.29, 1.82) is 0 Å². The number of hydrogen-bond donors (Lipinski definition) is 2. The summed E-state index contributed by atoms with van der Waals surface area (Å²) in [5, 5.41) is 18.9. The Kier molecular flexibility index (Phi) is 8.21. The third-order valence-electron chi connectivity index (χ3n) is 5.78. The summed E-state index contributed by atoms with van der Waals surface area (Å²) < 4.78 is 24.5. The second kappa shape index (κ2) is 10.7. The molecule has 0 bridgehead atoms. The molecule has 1 atom stereocenters. The highest BCUT2D eigenvalue weighted by Gasteiger charge is 2.25. The molecule has 3 rings (SSSR count). The van der Waals surface area contributed by atoms with E-state index in [0.717, 1.165) is 19.3 Å². The first-order valence-corrected chi connectivity index (χ1v) is 12.8. The number of aliphatic hydroxyl groups is 2. The molecule has 1 amide bonds. The van der Waals surface area contributed by atoms with E-state index in [4.69, 9.17) is 16.7 Å². The fraction of sp³-hybridized carbons (Fsp3) is 0.500. The molecule has 1 heterocycles. The number of anilines is 2. The van der Waals surface area contributed by atoms with Crippen LogP contribution in [0.4, 0.5) is 11.5 Å². The smallest absolute Gasteiger partial charge is 0.232 e. The minimum absolute atomic E-state index is 0.0104. The molecule has 2 N–H and O–H groups in total. The molecular formula is C22H28ClN3O5S. The summed E-state index contributed by atoms with van der Waals surface area (Å²) in [6.45, 7) is 1.04. The van der Waals surface area contributed by atoms with Gasteiger partial charge in [0.25, 0.3) is 0 Å². The molecule has 0 aliphatic heterocycles. The molecule has 10 heteroatoms. The summed E-state index contributed by atoms with van der Waals surface area (Å²) >= 11 is 6.28. The largest absolute Gasteiger partial charge is 0.393 e. The molecule has 0 spiro atoms. The van der Waals surface area contributed by atoms with Crippen molar-refractivity contribution in [2.75, 3.05) is 17.3 Å². The Hall–Kier alpha value is -2.07. The van der Waals surface area contributed by atoms with Gasteiger partial charge in [-0.05, 0) is 30.5 Å². The van der Waals surface area contributed by atoms with E-state index in [1.165, 1.54) is 55.3 Å². The van der Waals surface area contributed by atoms with Gasteiger partial charge in [-0.25, -0.2) is 13.4 Å². The summed E-state index contributed by atoms with van der Waals surface area (Å²) in [5.74, 6) is 0.451. The van der Waals surface area contributed by atoms with E-state index in [0.29, 0.717) is 18.0 Å². The summed E-state index contributed by atoms with van der Waals surface area (Å²) in [4.78, 5) is 23.0. The number of carbonyl (C=O) groups is 1. The van der Waals surface area contributed by atoms with Gasteiger partial charge in [-0.3, -0.25) is 14.7 Å². The molecule has 1 aliphatic carbocycles. The minimum atomic E-state index is -3.51. The van der Waals surface area contributed by atoms with Crippen molar-refractivity contribution in [1.82, 2.24) is 9.97 Å². The maximum Gasteiger partial charge on any atom is 0.232 e. The van der Waals surface area contributed by atoms with Crippen molar-refractivity contribution in [3.05, 3.63) is 41.3 Å². The van der Waals surface area contributed by atoms with Crippen LogP contribution in [0.2, 0.25) is 5.02 Å². The number of aliphatic hydroxyl groups excluding tert-OH is 2. The van der Waals surface area contributed by atoms with E-state index in [1.807, 2.05) is 0 Å². The predicted octanol–water partition coefficient (Wildman–Crippen LogP) is 3.58. The van der Waals surface area contributed by atoms with Crippen LogP contribution in [0, 0.1) is 5.92 Å². The molecular weight excluding hydrogens is 454 g/mol. The second-order valence-corrected chi connectivity index (χ2v) is 10.6. The molecule has 0 saturated heterocycles. The van der Waals surface area contributed by atoms with Crippen LogP contribution >= 0.6 is 11.6 Å². The molecule has 8 nitrogen and oxygen atoms in total. The van der Waals surface area contributed by atoms with E-state index in [1.54, 1.807) is 0 Å². The van der Waals surface area contributed by atoms with Gasteiger partial charge in [0.1, 0.15) is 6.10 Å². The monoisotopic (exact) mass is 481 g/mol. The number of sulfone groups is 1. The lowest BCUT2D eigenvalue weighted by Crippen LogP contribution is -2.27. The Balaban J connectivity index is 1.94. The highest BCUT2D eigenvalue weighted by Crippen LogP contribution is 2.33. The van der Waals surface area contributed by atoms with Gasteiger partial charge in [0, 0.05) is 6.42 Å². The Labute approximate surface area is 193 Å². The Morgan fingerprint density at radius 1 is 1.25 bits per heavy atom. The number of amides is 1. The van der Waals surface area contributed by atoms with Gasteiger partial charge in [0.15, 0.2) is 15.7 Å². The van der Waals surface area contributed by atoms with Gasteiger partial charge in [0.2, 0.25) is 5.91 Å². The van der Waals surface area contributed by atoms with Crippen LogP contribution < -0.4 is 4.90 Å². The third-order valence-corrected chi connectivity index (χ3v) is 7.99. The highest BCUT2D eigenvalue weighted by atomic mass is 35.5. The van der Waals surface area contributed by atoms with Crippen molar-refractivity contribution in [2.24, 2.45) is 5.92 Å². The number of carbonyl (C=O) groups excluding carboxylic acids is 1. The maximum absolute atomic E-state index is 13.2. The van der Waals surface area contributed by atoms with E-state index < -0.39 is 22.5 Å². The zero-order valence-corrected chi connectivity index (χ0v) is 19.5. The number of aromatic nitrogens is 2. The summed E-state index contributed by atoms with van der Waals surface area (Å²) in [7, 11) is -3.51. The zero-order valence-electron chi connectivity index (χ0n) is 17.9. The Morgan fingerprint density at radius 2 is 1.97 bits per heavy atom. The lowest BCUT2D eigenvalue weighted by molar-refractivity contribution is -0.118. The van der Waals surface area contributed by atoms with Gasteiger partial charge in [0.05, 0.1) is 46.1 Å². The number of hydrogen-bond acceptors (Lipinski definition) is 7. The zero-order chi connectivity index (χ0) is 23.3. The first-order chi connectivity index (χ1) is 15.3. The quantitative estimate of drug-likeness (QED) is 0.561. The standard InChI is InChI=1S/C22H28ClN3O5S/c1-2-32(30,31)20-9-8-16(11-17(20)23)26(22(29)10-7-15-5-3-4-6-15)21-13-24-18(12-25-21)19(28)14-27/h8-9,11-13,15,19,27-28H,2-7,10,14H2,1H3/t19-/m1/s1. The normalized spacial score (nSPS) is 15.6. The topological polar surface area (TPSA) is 121 Å². The lowest BCUT2D eigenvalue weighted by atomic mass is 10.0. The highest BCUT2D eigenvalue weighted by molar-refractivity contribution is 7.91. The van der Waals surface area contributed by atoms with Gasteiger partial charge < -0.3 is 10.2 Å². The maximum atomic E-state index is 13.2. The number of halogens is 1. The van der Waals surface area contributed by atoms with Gasteiger partial charge in [-0.2, -0.15) is 0 Å². The second-order valence-electron chi connectivity index (χ2n) is 7.93. The fourth-order valence-corrected chi connectivity index (χ4v) is 5.36. The van der Waals surface area contributed by atoms with Gasteiger partial charge >= 0.3 is 0 Å². The molecule has 1 aliphatic rings. The molecule has 1 saturated carbocycles. The first-order valence-electron chi connectivity index (χ1n) is 10.7. The number of benzene rings is 1. The average molecular weight is 482 g/mol. The van der Waals surface area contributed by atoms with Crippen LogP contribution in [0.25, 0.3) is 0 Å². The number of nitrogens with zero attached hydrogens (tertiary/aromatic N) is 3. The van der Waals surface area contributed by atoms with E-state index in [-0.39, 0.29) is 33.1 Å². The lowest BCUT2D eigenvalue weighted by Gasteiger charge is -2.23. The van der Waals surface area contributed by atoms with E-state index in [2.05, 4.69) is 9.97 Å². The molecule has 0 radical (unpaired) electrons. The summed E-state index contributed by atoms with van der Waals surface area (Å²) in [6.07, 6.45) is 7.15. The summed E-state index contributed by atoms with van der Waals surface area (Å²) in [5.41, 5.74) is 0.559. The van der Waals surface area contributed by atoms with E-state index >= 15 is 0 Å². The molecule has 2 aromatic rings. The van der Waals surface area contributed by atoms with Crippen molar-refractivity contribution < 1.29 is 23.4 Å². The molecule has 32 heavy (non-hydrogen) atoms. The van der Waals surface area contributed by atoms with Gasteiger partial charge in [-0.15, -0.1) is 0 Å². The number of rotatable bonds is 9. The molecule has 1 fully saturated rings. The van der Waals surface area contributed by atoms with Crippen LogP contribution in [0.15, 0.2) is 35.5 Å². The molecule has 174 valence electrons.